The zero-order valence-corrected chi connectivity index (χ0v) is 12.2. The van der Waals surface area contributed by atoms with Gasteiger partial charge in [0.25, 0.3) is 0 Å². The van der Waals surface area contributed by atoms with Gasteiger partial charge in [-0.05, 0) is 17.3 Å². The van der Waals surface area contributed by atoms with Crippen molar-refractivity contribution >= 4 is 5.78 Å². The van der Waals surface area contributed by atoms with E-state index >= 15 is 0 Å². The lowest BCUT2D eigenvalue weighted by molar-refractivity contribution is -0.140. The van der Waals surface area contributed by atoms with Crippen molar-refractivity contribution in [3.05, 3.63) is 0 Å². The van der Waals surface area contributed by atoms with E-state index in [1.807, 2.05) is 0 Å². The molecule has 0 amide bonds. The molecule has 2 heteroatoms. The third-order valence-corrected chi connectivity index (χ3v) is 3.43. The molecule has 96 valence electrons. The van der Waals surface area contributed by atoms with E-state index < -0.39 is 0 Å². The van der Waals surface area contributed by atoms with Crippen molar-refractivity contribution in [2.24, 2.45) is 16.2 Å². The van der Waals surface area contributed by atoms with E-state index in [1.54, 1.807) is 7.11 Å². The minimum Gasteiger partial charge on any atom is -0.377 e. The van der Waals surface area contributed by atoms with Crippen molar-refractivity contribution in [2.45, 2.75) is 54.9 Å². The van der Waals surface area contributed by atoms with Gasteiger partial charge in [0.15, 0.2) is 5.78 Å². The molecule has 0 aromatic heterocycles. The highest BCUT2D eigenvalue weighted by Gasteiger charge is 2.45. The second-order valence-corrected chi connectivity index (χ2v) is 7.18. The number of hydrogen-bond donors (Lipinski definition) is 0. The van der Waals surface area contributed by atoms with Gasteiger partial charge in [-0.15, -0.1) is 0 Å². The second-order valence-electron chi connectivity index (χ2n) is 7.18. The monoisotopic (exact) mass is 228 g/mol. The van der Waals surface area contributed by atoms with Gasteiger partial charge in [-0.2, -0.15) is 0 Å². The Hall–Kier alpha value is -0.370. The fourth-order valence-corrected chi connectivity index (χ4v) is 2.13. The summed E-state index contributed by atoms with van der Waals surface area (Å²) in [6, 6.07) is 0. The number of carbonyl (C=O) groups is 1. The van der Waals surface area contributed by atoms with Gasteiger partial charge in [-0.3, -0.25) is 4.79 Å². The topological polar surface area (TPSA) is 26.3 Å². The molecule has 0 aliphatic rings. The van der Waals surface area contributed by atoms with E-state index in [9.17, 15) is 4.79 Å². The van der Waals surface area contributed by atoms with Crippen LogP contribution in [-0.2, 0) is 9.53 Å². The summed E-state index contributed by atoms with van der Waals surface area (Å²) in [5.41, 5.74) is -0.234. The molecule has 1 atom stereocenters. The summed E-state index contributed by atoms with van der Waals surface area (Å²) in [6.07, 6.45) is 0.881. The first-order valence-electron chi connectivity index (χ1n) is 5.96. The van der Waals surface area contributed by atoms with E-state index in [0.717, 1.165) is 6.42 Å². The largest absolute Gasteiger partial charge is 0.377 e. The van der Waals surface area contributed by atoms with Crippen LogP contribution < -0.4 is 0 Å². The fraction of sp³-hybridized carbons (Fsp3) is 0.929. The Bertz CT molecular complexity index is 242. The average Bonchev–Trinajstić information content (AvgIpc) is 1.99. The summed E-state index contributed by atoms with van der Waals surface area (Å²) in [6.45, 7) is 15.2. The molecule has 0 bridgehead atoms. The maximum absolute atomic E-state index is 12.3. The third kappa shape index (κ3) is 3.89. The zero-order valence-electron chi connectivity index (χ0n) is 12.2. The lowest BCUT2D eigenvalue weighted by Crippen LogP contribution is -2.44. The number of carbonyl (C=O) groups excluding carboxylic acids is 1. The van der Waals surface area contributed by atoms with Crippen molar-refractivity contribution < 1.29 is 9.53 Å². The molecule has 0 aromatic rings. The Labute approximate surface area is 101 Å². The minimum absolute atomic E-state index is 0.0457. The van der Waals surface area contributed by atoms with E-state index in [4.69, 9.17) is 4.74 Å². The molecule has 0 saturated carbocycles. The molecule has 2 nitrogen and oxygen atoms in total. The lowest BCUT2D eigenvalue weighted by atomic mass is 9.59. The molecule has 1 unspecified atom stereocenters. The number of rotatable bonds is 4. The number of hydrogen-bond acceptors (Lipinski definition) is 2. The van der Waals surface area contributed by atoms with Crippen molar-refractivity contribution in [3.8, 4) is 0 Å². The molecule has 0 aliphatic carbocycles. The summed E-state index contributed by atoms with van der Waals surface area (Å²) in [7, 11) is 1.58. The maximum atomic E-state index is 12.3. The minimum atomic E-state index is -0.332. The van der Waals surface area contributed by atoms with E-state index in [0.29, 0.717) is 0 Å². The van der Waals surface area contributed by atoms with Crippen LogP contribution in [0.5, 0.6) is 0 Å². The molecule has 0 fully saturated rings. The van der Waals surface area contributed by atoms with Gasteiger partial charge in [-0.1, -0.05) is 48.5 Å². The molecule has 0 aliphatic heterocycles. The average molecular weight is 228 g/mol. The Morgan fingerprint density at radius 2 is 1.44 bits per heavy atom. The molecule has 0 saturated heterocycles. The van der Waals surface area contributed by atoms with Gasteiger partial charge in [-0.25, -0.2) is 0 Å². The summed E-state index contributed by atoms with van der Waals surface area (Å²) < 4.78 is 5.01. The first-order valence-corrected chi connectivity index (χ1v) is 5.96. The molecular weight excluding hydrogens is 200 g/mol. The van der Waals surface area contributed by atoms with Gasteiger partial charge in [0.2, 0.25) is 0 Å². The maximum Gasteiger partial charge on any atom is 0.164 e. The summed E-state index contributed by atoms with van der Waals surface area (Å²) in [4.78, 5) is 12.3. The first kappa shape index (κ1) is 15.6. The van der Waals surface area contributed by atoms with Gasteiger partial charge < -0.3 is 4.74 Å². The SMILES string of the molecule is COCC(=O)C(C)(CC(C)(C)C)C(C)(C)C. The number of ether oxygens (including phenoxy) is 1. The van der Waals surface area contributed by atoms with Gasteiger partial charge in [0.05, 0.1) is 0 Å². The third-order valence-electron chi connectivity index (χ3n) is 3.43. The smallest absolute Gasteiger partial charge is 0.164 e. The highest BCUT2D eigenvalue weighted by atomic mass is 16.5. The Morgan fingerprint density at radius 1 is 1.00 bits per heavy atom. The van der Waals surface area contributed by atoms with Crippen LogP contribution in [-0.4, -0.2) is 19.5 Å². The number of methoxy groups -OCH3 is 1. The summed E-state index contributed by atoms with van der Waals surface area (Å²) >= 11 is 0. The van der Waals surface area contributed by atoms with Crippen LogP contribution in [0.15, 0.2) is 0 Å². The molecule has 0 rings (SSSR count). The van der Waals surface area contributed by atoms with Crippen LogP contribution >= 0.6 is 0 Å². The molecule has 0 aromatic carbocycles. The Kier molecular flexibility index (Phi) is 4.75. The highest BCUT2D eigenvalue weighted by Crippen LogP contribution is 2.47. The highest BCUT2D eigenvalue weighted by molar-refractivity contribution is 5.86. The lowest BCUT2D eigenvalue weighted by Gasteiger charge is -2.44. The first-order chi connectivity index (χ1) is 6.94. The Balaban J connectivity index is 5.13. The predicted molar refractivity (Wildman–Crippen MR) is 68.5 cm³/mol. The summed E-state index contributed by atoms with van der Waals surface area (Å²) in [5.74, 6) is 0.206. The molecule has 16 heavy (non-hydrogen) atoms. The molecule has 0 heterocycles. The van der Waals surface area contributed by atoms with Gasteiger partial charge >= 0.3 is 0 Å². The molecule has 0 N–H and O–H groups in total. The van der Waals surface area contributed by atoms with E-state index in [2.05, 4.69) is 48.5 Å². The van der Waals surface area contributed by atoms with Crippen molar-refractivity contribution in [2.75, 3.05) is 13.7 Å². The molecule has 0 spiro atoms. The van der Waals surface area contributed by atoms with Crippen LogP contribution in [0.4, 0.5) is 0 Å². The molecular formula is C14H28O2. The van der Waals surface area contributed by atoms with Crippen molar-refractivity contribution in [1.82, 2.24) is 0 Å². The van der Waals surface area contributed by atoms with Crippen molar-refractivity contribution in [1.29, 1.82) is 0 Å². The fourth-order valence-electron chi connectivity index (χ4n) is 2.13. The van der Waals surface area contributed by atoms with E-state index in [-0.39, 0.29) is 28.6 Å². The van der Waals surface area contributed by atoms with Crippen LogP contribution in [0.25, 0.3) is 0 Å². The second kappa shape index (κ2) is 4.87. The van der Waals surface area contributed by atoms with Crippen LogP contribution in [0.3, 0.4) is 0 Å². The number of ketones is 1. The standard InChI is InChI=1S/C14H28O2/c1-12(2,3)10-14(7,13(4,5)6)11(15)9-16-8/h9-10H2,1-8H3. The van der Waals surface area contributed by atoms with Crippen LogP contribution in [0.2, 0.25) is 0 Å². The summed E-state index contributed by atoms with van der Waals surface area (Å²) in [5, 5.41) is 0. The molecule has 0 radical (unpaired) electrons. The normalized spacial score (nSPS) is 17.0. The number of Topliss-reactive ketones (excluding diaryl/α,β-unsaturated/α-hetero) is 1. The van der Waals surface area contributed by atoms with E-state index in [1.165, 1.54) is 0 Å². The van der Waals surface area contributed by atoms with Crippen molar-refractivity contribution in [3.63, 3.8) is 0 Å². The van der Waals surface area contributed by atoms with Crippen LogP contribution in [0, 0.1) is 16.2 Å². The predicted octanol–water partition coefficient (Wildman–Crippen LogP) is 3.69. The Morgan fingerprint density at radius 3 is 1.69 bits per heavy atom. The van der Waals surface area contributed by atoms with Gasteiger partial charge in [0, 0.05) is 12.5 Å². The zero-order chi connectivity index (χ0) is 13.2. The quantitative estimate of drug-likeness (QED) is 0.733. The van der Waals surface area contributed by atoms with Gasteiger partial charge in [0.1, 0.15) is 6.61 Å². The van der Waals surface area contributed by atoms with Crippen LogP contribution in [0.1, 0.15) is 54.9 Å².